The molecule has 4 aromatic rings. The molecule has 0 saturated carbocycles. The van der Waals surface area contributed by atoms with Crippen molar-refractivity contribution >= 4 is 21.8 Å². The minimum absolute atomic E-state index is 0.00346. The summed E-state index contributed by atoms with van der Waals surface area (Å²) >= 11 is 0. The summed E-state index contributed by atoms with van der Waals surface area (Å²) in [6.45, 7) is 11.2. The maximum absolute atomic E-state index is 4.87. The predicted octanol–water partition coefficient (Wildman–Crippen LogP) is 6.60. The minimum Gasteiger partial charge on any atom is -0.256 e. The van der Waals surface area contributed by atoms with E-state index in [-0.39, 0.29) is 10.8 Å². The fraction of sp³-hybridized carbons (Fsp3) is 0.308. The van der Waals surface area contributed by atoms with E-state index in [2.05, 4.69) is 94.2 Å². The molecule has 0 N–H and O–H groups in total. The molecule has 0 aliphatic carbocycles. The Morgan fingerprint density at radius 1 is 0.750 bits per heavy atom. The fourth-order valence-electron chi connectivity index (χ4n) is 3.76. The second-order valence-corrected chi connectivity index (χ2v) is 9.45. The summed E-state index contributed by atoms with van der Waals surface area (Å²) in [6, 6.07) is 21.6. The monoisotopic (exact) mass is 368 g/mol. The van der Waals surface area contributed by atoms with Crippen molar-refractivity contribution in [3.63, 3.8) is 0 Å². The molecule has 2 aromatic heterocycles. The largest absolute Gasteiger partial charge is 0.256 e. The molecule has 2 heteroatoms. The first-order chi connectivity index (χ1) is 13.2. The van der Waals surface area contributed by atoms with E-state index < -0.39 is 0 Å². The Bertz CT molecular complexity index is 1150. The Kier molecular flexibility index (Phi) is 4.45. The molecule has 4 rings (SSSR count). The van der Waals surface area contributed by atoms with Gasteiger partial charge in [0, 0.05) is 28.1 Å². The maximum atomic E-state index is 4.87. The highest BCUT2D eigenvalue weighted by molar-refractivity contribution is 5.80. The topological polar surface area (TPSA) is 25.8 Å². The molecule has 0 unspecified atom stereocenters. The van der Waals surface area contributed by atoms with Crippen LogP contribution in [0.3, 0.4) is 0 Å². The van der Waals surface area contributed by atoms with Crippen molar-refractivity contribution in [2.45, 2.75) is 51.9 Å². The molecule has 2 nitrogen and oxygen atoms in total. The molecule has 0 radical (unpaired) electrons. The third kappa shape index (κ3) is 3.64. The SMILES string of the molecule is CC(C)(C)c1ccc2cc(CC(C)(C)c3cnc4ccccc4c3)ccc2n1. The first-order valence-corrected chi connectivity index (χ1v) is 9.98. The number of nitrogens with zero attached hydrogens (tertiary/aromatic N) is 2. The molecule has 0 fully saturated rings. The Labute approximate surface area is 167 Å². The van der Waals surface area contributed by atoms with Crippen molar-refractivity contribution in [2.24, 2.45) is 0 Å². The van der Waals surface area contributed by atoms with Crippen LogP contribution < -0.4 is 0 Å². The average molecular weight is 369 g/mol. The van der Waals surface area contributed by atoms with Gasteiger partial charge >= 0.3 is 0 Å². The van der Waals surface area contributed by atoms with E-state index >= 15 is 0 Å². The van der Waals surface area contributed by atoms with Gasteiger partial charge in [-0.05, 0) is 53.3 Å². The molecule has 0 saturated heterocycles. The minimum atomic E-state index is 0.00346. The van der Waals surface area contributed by atoms with Crippen LogP contribution in [0.2, 0.25) is 0 Å². The Hall–Kier alpha value is -2.74. The molecule has 0 atom stereocenters. The molecule has 142 valence electrons. The molecule has 0 amide bonds. The van der Waals surface area contributed by atoms with E-state index in [1.165, 1.54) is 21.9 Å². The lowest BCUT2D eigenvalue weighted by Gasteiger charge is -2.26. The zero-order valence-corrected chi connectivity index (χ0v) is 17.5. The van der Waals surface area contributed by atoms with Gasteiger partial charge in [-0.1, -0.05) is 65.0 Å². The molecule has 0 aliphatic heterocycles. The van der Waals surface area contributed by atoms with Crippen LogP contribution in [0.4, 0.5) is 0 Å². The number of para-hydroxylation sites is 1. The first kappa shape index (κ1) is 18.6. The number of hydrogen-bond acceptors (Lipinski definition) is 2. The molecule has 0 bridgehead atoms. The number of aromatic nitrogens is 2. The van der Waals surface area contributed by atoms with Crippen LogP contribution in [-0.2, 0) is 17.3 Å². The number of benzene rings is 2. The summed E-state index contributed by atoms with van der Waals surface area (Å²) in [7, 11) is 0. The lowest BCUT2D eigenvalue weighted by atomic mass is 9.79. The highest BCUT2D eigenvalue weighted by atomic mass is 14.7. The summed E-state index contributed by atoms with van der Waals surface area (Å²) in [5, 5.41) is 2.41. The van der Waals surface area contributed by atoms with Gasteiger partial charge in [-0.25, -0.2) is 0 Å². The Balaban J connectivity index is 1.65. The van der Waals surface area contributed by atoms with Crippen LogP contribution in [-0.4, -0.2) is 9.97 Å². The van der Waals surface area contributed by atoms with E-state index in [0.29, 0.717) is 0 Å². The van der Waals surface area contributed by atoms with Gasteiger partial charge in [0.2, 0.25) is 0 Å². The highest BCUT2D eigenvalue weighted by Gasteiger charge is 2.22. The number of hydrogen-bond donors (Lipinski definition) is 0. The number of rotatable bonds is 3. The predicted molar refractivity (Wildman–Crippen MR) is 119 cm³/mol. The molecular formula is C26H28N2. The van der Waals surface area contributed by atoms with E-state index in [1.807, 2.05) is 12.3 Å². The second-order valence-electron chi connectivity index (χ2n) is 9.45. The van der Waals surface area contributed by atoms with Crippen LogP contribution >= 0.6 is 0 Å². The van der Waals surface area contributed by atoms with E-state index in [1.54, 1.807) is 0 Å². The number of pyridine rings is 2. The average Bonchev–Trinajstić information content (AvgIpc) is 2.66. The molecule has 2 aromatic carbocycles. The molecule has 0 spiro atoms. The van der Waals surface area contributed by atoms with Gasteiger partial charge in [0.15, 0.2) is 0 Å². The standard InChI is InChI=1S/C26H28N2/c1-25(2,3)24-13-11-20-14-18(10-12-23(20)28-24)16-26(4,5)21-15-19-8-6-7-9-22(19)27-17-21/h6-15,17H,16H2,1-5H3. The van der Waals surface area contributed by atoms with Crippen molar-refractivity contribution in [3.8, 4) is 0 Å². The molecule has 0 aliphatic rings. The second kappa shape index (κ2) is 6.70. The van der Waals surface area contributed by atoms with Crippen LogP contribution in [0.5, 0.6) is 0 Å². The number of fused-ring (bicyclic) bond motifs is 2. The van der Waals surface area contributed by atoms with Crippen LogP contribution in [0.1, 0.15) is 51.4 Å². The van der Waals surface area contributed by atoms with Crippen LogP contribution in [0, 0.1) is 0 Å². The lowest BCUT2D eigenvalue weighted by molar-refractivity contribution is 0.521. The summed E-state index contributed by atoms with van der Waals surface area (Å²) < 4.78 is 0. The van der Waals surface area contributed by atoms with Gasteiger partial charge < -0.3 is 0 Å². The zero-order chi connectivity index (χ0) is 19.9. The Morgan fingerprint density at radius 2 is 1.50 bits per heavy atom. The van der Waals surface area contributed by atoms with Crippen molar-refractivity contribution < 1.29 is 0 Å². The van der Waals surface area contributed by atoms with Crippen LogP contribution in [0.25, 0.3) is 21.8 Å². The van der Waals surface area contributed by atoms with Gasteiger partial charge in [0.1, 0.15) is 0 Å². The first-order valence-electron chi connectivity index (χ1n) is 9.98. The summed E-state index contributed by atoms with van der Waals surface area (Å²) in [5.74, 6) is 0. The van der Waals surface area contributed by atoms with E-state index in [9.17, 15) is 0 Å². The van der Waals surface area contributed by atoms with Gasteiger partial charge in [0.25, 0.3) is 0 Å². The zero-order valence-electron chi connectivity index (χ0n) is 17.5. The van der Waals surface area contributed by atoms with Crippen molar-refractivity contribution in [2.75, 3.05) is 0 Å². The van der Waals surface area contributed by atoms with Gasteiger partial charge in [0.05, 0.1) is 11.0 Å². The van der Waals surface area contributed by atoms with Crippen molar-refractivity contribution in [3.05, 3.63) is 83.7 Å². The smallest absolute Gasteiger partial charge is 0.0705 e. The maximum Gasteiger partial charge on any atom is 0.0705 e. The van der Waals surface area contributed by atoms with Crippen molar-refractivity contribution in [1.82, 2.24) is 9.97 Å². The molecule has 28 heavy (non-hydrogen) atoms. The highest BCUT2D eigenvalue weighted by Crippen LogP contribution is 2.30. The lowest BCUT2D eigenvalue weighted by Crippen LogP contribution is -2.20. The third-order valence-corrected chi connectivity index (χ3v) is 5.54. The quantitative estimate of drug-likeness (QED) is 0.407. The van der Waals surface area contributed by atoms with Crippen LogP contribution in [0.15, 0.2) is 66.9 Å². The molecular weight excluding hydrogens is 340 g/mol. The van der Waals surface area contributed by atoms with Crippen molar-refractivity contribution in [1.29, 1.82) is 0 Å². The van der Waals surface area contributed by atoms with E-state index in [0.717, 1.165) is 23.1 Å². The normalized spacial score (nSPS) is 12.6. The summed E-state index contributed by atoms with van der Waals surface area (Å²) in [4.78, 5) is 9.53. The molecule has 2 heterocycles. The van der Waals surface area contributed by atoms with E-state index in [4.69, 9.17) is 4.98 Å². The fourth-order valence-corrected chi connectivity index (χ4v) is 3.76. The summed E-state index contributed by atoms with van der Waals surface area (Å²) in [5.41, 5.74) is 5.93. The third-order valence-electron chi connectivity index (χ3n) is 5.54. The van der Waals surface area contributed by atoms with Gasteiger partial charge in [-0.3, -0.25) is 9.97 Å². The Morgan fingerprint density at radius 3 is 2.29 bits per heavy atom. The van der Waals surface area contributed by atoms with Gasteiger partial charge in [-0.15, -0.1) is 0 Å². The van der Waals surface area contributed by atoms with Gasteiger partial charge in [-0.2, -0.15) is 0 Å². The summed E-state index contributed by atoms with van der Waals surface area (Å²) in [6.07, 6.45) is 2.99.